The molecular formula is C13H17FN6. The van der Waals surface area contributed by atoms with Crippen molar-refractivity contribution in [3.8, 4) is 0 Å². The first kappa shape index (κ1) is 14.0. The lowest BCUT2D eigenvalue weighted by Gasteiger charge is -2.19. The van der Waals surface area contributed by atoms with E-state index in [-0.39, 0.29) is 5.82 Å². The molecule has 0 aliphatic carbocycles. The van der Waals surface area contributed by atoms with E-state index in [1.165, 1.54) is 12.1 Å². The molecule has 1 aromatic carbocycles. The van der Waals surface area contributed by atoms with Crippen LogP contribution in [-0.2, 0) is 0 Å². The minimum absolute atomic E-state index is 0.301. The van der Waals surface area contributed by atoms with Crippen molar-refractivity contribution in [1.82, 2.24) is 15.0 Å². The molecule has 0 bridgehead atoms. The number of nitrogens with one attached hydrogen (secondary N) is 1. The van der Waals surface area contributed by atoms with Crippen LogP contribution in [0.15, 0.2) is 24.3 Å². The minimum Gasteiger partial charge on any atom is -0.357 e. The van der Waals surface area contributed by atoms with Crippen LogP contribution in [0.2, 0.25) is 0 Å². The summed E-state index contributed by atoms with van der Waals surface area (Å²) in [5.41, 5.74) is 0.669. The zero-order chi connectivity index (χ0) is 14.7. The van der Waals surface area contributed by atoms with Gasteiger partial charge in [0.2, 0.25) is 17.8 Å². The molecule has 0 saturated heterocycles. The third-order valence-corrected chi connectivity index (χ3v) is 2.73. The molecule has 0 spiro atoms. The summed E-state index contributed by atoms with van der Waals surface area (Å²) in [5, 5.41) is 2.89. The number of benzene rings is 1. The van der Waals surface area contributed by atoms with Crippen LogP contribution in [0, 0.1) is 5.82 Å². The summed E-state index contributed by atoms with van der Waals surface area (Å²) in [7, 11) is 7.21. The van der Waals surface area contributed by atoms with Gasteiger partial charge in [-0.3, -0.25) is 0 Å². The van der Waals surface area contributed by atoms with E-state index in [9.17, 15) is 4.39 Å². The third-order valence-electron chi connectivity index (χ3n) is 2.73. The molecule has 7 heteroatoms. The zero-order valence-corrected chi connectivity index (χ0v) is 11.9. The summed E-state index contributed by atoms with van der Waals surface area (Å²) in [6.07, 6.45) is 0. The monoisotopic (exact) mass is 276 g/mol. The van der Waals surface area contributed by atoms with Crippen molar-refractivity contribution in [2.45, 2.75) is 0 Å². The summed E-state index contributed by atoms with van der Waals surface area (Å²) >= 11 is 0. The first-order valence-corrected chi connectivity index (χ1v) is 6.11. The van der Waals surface area contributed by atoms with Crippen molar-refractivity contribution in [2.75, 3.05) is 43.3 Å². The Morgan fingerprint density at radius 3 is 2.35 bits per heavy atom. The molecular weight excluding hydrogens is 259 g/mol. The summed E-state index contributed by atoms with van der Waals surface area (Å²) < 4.78 is 13.3. The Balaban J connectivity index is 2.43. The number of aromatic nitrogens is 3. The minimum atomic E-state index is -0.301. The molecule has 0 atom stereocenters. The average molecular weight is 276 g/mol. The summed E-state index contributed by atoms with van der Waals surface area (Å²) in [4.78, 5) is 16.4. The van der Waals surface area contributed by atoms with Gasteiger partial charge < -0.3 is 15.1 Å². The van der Waals surface area contributed by atoms with Gasteiger partial charge in [0, 0.05) is 33.9 Å². The maximum atomic E-state index is 13.3. The standard InChI is InChI=1S/C13H17FN6/c1-15-11-16-12(19(2)3)18-13(17-11)20(4)10-7-5-6-9(14)8-10/h5-8H,1-4H3,(H,15,16,17,18). The van der Waals surface area contributed by atoms with Crippen LogP contribution in [0.3, 0.4) is 0 Å². The number of nitrogens with zero attached hydrogens (tertiary/aromatic N) is 5. The molecule has 0 radical (unpaired) electrons. The molecule has 2 aromatic rings. The Morgan fingerprint density at radius 1 is 1.05 bits per heavy atom. The van der Waals surface area contributed by atoms with Crippen LogP contribution in [0.4, 0.5) is 27.9 Å². The van der Waals surface area contributed by atoms with E-state index in [4.69, 9.17) is 0 Å². The van der Waals surface area contributed by atoms with Gasteiger partial charge in [-0.2, -0.15) is 15.0 Å². The van der Waals surface area contributed by atoms with Crippen LogP contribution < -0.4 is 15.1 Å². The number of hydrogen-bond acceptors (Lipinski definition) is 6. The molecule has 6 nitrogen and oxygen atoms in total. The molecule has 0 fully saturated rings. The molecule has 20 heavy (non-hydrogen) atoms. The van der Waals surface area contributed by atoms with Gasteiger partial charge in [-0.15, -0.1) is 0 Å². The van der Waals surface area contributed by atoms with Gasteiger partial charge in [0.15, 0.2) is 0 Å². The molecule has 0 amide bonds. The number of rotatable bonds is 4. The lowest BCUT2D eigenvalue weighted by atomic mass is 10.3. The van der Waals surface area contributed by atoms with Crippen LogP contribution in [0.5, 0.6) is 0 Å². The zero-order valence-electron chi connectivity index (χ0n) is 11.9. The lowest BCUT2D eigenvalue weighted by Crippen LogP contribution is -2.19. The van der Waals surface area contributed by atoms with E-state index >= 15 is 0 Å². The van der Waals surface area contributed by atoms with E-state index in [0.29, 0.717) is 23.5 Å². The molecule has 0 aliphatic rings. The molecule has 1 aromatic heterocycles. The molecule has 1 N–H and O–H groups in total. The van der Waals surface area contributed by atoms with Crippen LogP contribution in [-0.4, -0.2) is 43.1 Å². The smallest absolute Gasteiger partial charge is 0.236 e. The van der Waals surface area contributed by atoms with Gasteiger partial charge in [0.1, 0.15) is 5.82 Å². The van der Waals surface area contributed by atoms with E-state index in [2.05, 4.69) is 20.3 Å². The van der Waals surface area contributed by atoms with Crippen molar-refractivity contribution >= 4 is 23.5 Å². The van der Waals surface area contributed by atoms with Gasteiger partial charge in [0.05, 0.1) is 0 Å². The number of hydrogen-bond donors (Lipinski definition) is 1. The van der Waals surface area contributed by atoms with Gasteiger partial charge in [-0.25, -0.2) is 4.39 Å². The van der Waals surface area contributed by atoms with E-state index in [1.54, 1.807) is 36.0 Å². The topological polar surface area (TPSA) is 57.2 Å². The van der Waals surface area contributed by atoms with Crippen molar-refractivity contribution in [2.24, 2.45) is 0 Å². The van der Waals surface area contributed by atoms with E-state index in [1.807, 2.05) is 14.1 Å². The summed E-state index contributed by atoms with van der Waals surface area (Å²) in [6, 6.07) is 6.27. The fourth-order valence-corrected chi connectivity index (χ4v) is 1.62. The van der Waals surface area contributed by atoms with Gasteiger partial charge >= 0.3 is 0 Å². The molecule has 1 heterocycles. The number of anilines is 4. The van der Waals surface area contributed by atoms with Crippen molar-refractivity contribution < 1.29 is 4.39 Å². The largest absolute Gasteiger partial charge is 0.357 e. The predicted molar refractivity (Wildman–Crippen MR) is 78.2 cm³/mol. The van der Waals surface area contributed by atoms with Crippen molar-refractivity contribution in [1.29, 1.82) is 0 Å². The Morgan fingerprint density at radius 2 is 1.75 bits per heavy atom. The first-order valence-electron chi connectivity index (χ1n) is 6.11. The number of halogens is 1. The molecule has 0 aliphatic heterocycles. The van der Waals surface area contributed by atoms with Crippen LogP contribution in [0.1, 0.15) is 0 Å². The van der Waals surface area contributed by atoms with Crippen LogP contribution >= 0.6 is 0 Å². The van der Waals surface area contributed by atoms with Gasteiger partial charge in [-0.1, -0.05) is 6.07 Å². The second kappa shape index (κ2) is 5.68. The van der Waals surface area contributed by atoms with E-state index in [0.717, 1.165) is 0 Å². The summed E-state index contributed by atoms with van der Waals surface area (Å²) in [6.45, 7) is 0. The molecule has 0 saturated carbocycles. The van der Waals surface area contributed by atoms with Crippen molar-refractivity contribution in [3.05, 3.63) is 30.1 Å². The summed E-state index contributed by atoms with van der Waals surface area (Å²) in [5.74, 6) is 1.13. The predicted octanol–water partition coefficient (Wildman–Crippen LogP) is 1.89. The maximum absolute atomic E-state index is 13.3. The highest BCUT2D eigenvalue weighted by Gasteiger charge is 2.12. The fraction of sp³-hybridized carbons (Fsp3) is 0.308. The molecule has 106 valence electrons. The molecule has 2 rings (SSSR count). The van der Waals surface area contributed by atoms with E-state index < -0.39 is 0 Å². The van der Waals surface area contributed by atoms with Gasteiger partial charge in [0.25, 0.3) is 0 Å². The average Bonchev–Trinajstić information content (AvgIpc) is 2.45. The Bertz CT molecular complexity index is 601. The van der Waals surface area contributed by atoms with Crippen molar-refractivity contribution in [3.63, 3.8) is 0 Å². The highest BCUT2D eigenvalue weighted by Crippen LogP contribution is 2.22. The second-order valence-corrected chi connectivity index (χ2v) is 4.44. The maximum Gasteiger partial charge on any atom is 0.236 e. The quantitative estimate of drug-likeness (QED) is 0.920. The Kier molecular flexibility index (Phi) is 3.97. The normalized spacial score (nSPS) is 10.2. The third kappa shape index (κ3) is 2.93. The molecule has 0 unspecified atom stereocenters. The highest BCUT2D eigenvalue weighted by molar-refractivity contribution is 5.58. The highest BCUT2D eigenvalue weighted by atomic mass is 19.1. The Hall–Kier alpha value is -2.44. The lowest BCUT2D eigenvalue weighted by molar-refractivity contribution is 0.628. The first-order chi connectivity index (χ1) is 9.51. The second-order valence-electron chi connectivity index (χ2n) is 4.44. The van der Waals surface area contributed by atoms with Gasteiger partial charge in [-0.05, 0) is 18.2 Å². The van der Waals surface area contributed by atoms with Crippen LogP contribution in [0.25, 0.3) is 0 Å². The Labute approximate surface area is 117 Å². The fourth-order valence-electron chi connectivity index (χ4n) is 1.62. The SMILES string of the molecule is CNc1nc(N(C)C)nc(N(C)c2cccc(F)c2)n1.